The van der Waals surface area contributed by atoms with Crippen molar-refractivity contribution in [3.8, 4) is 0 Å². The fourth-order valence-electron chi connectivity index (χ4n) is 2.06. The number of aliphatic hydroxyl groups is 1. The van der Waals surface area contributed by atoms with Crippen molar-refractivity contribution in [1.29, 1.82) is 0 Å². The molecule has 0 bridgehead atoms. The van der Waals surface area contributed by atoms with Crippen LogP contribution in [0.15, 0.2) is 24.3 Å². The molecule has 1 unspecified atom stereocenters. The molecule has 3 rings (SSSR count). The zero-order chi connectivity index (χ0) is 9.54. The second kappa shape index (κ2) is 2.72. The van der Waals surface area contributed by atoms with Gasteiger partial charge in [0.1, 0.15) is 6.23 Å². The molecule has 1 heterocycles. The number of fused-ring (bicyclic) bond motifs is 3. The number of aliphatic hydroxyl groups excluding tert-OH is 1. The molecule has 2 N–H and O–H groups in total. The van der Waals surface area contributed by atoms with Crippen LogP contribution < -0.4 is 5.32 Å². The van der Waals surface area contributed by atoms with Crippen molar-refractivity contribution in [2.45, 2.75) is 12.6 Å². The van der Waals surface area contributed by atoms with Crippen molar-refractivity contribution < 1.29 is 5.11 Å². The van der Waals surface area contributed by atoms with Gasteiger partial charge in [0.2, 0.25) is 0 Å². The molecule has 0 spiro atoms. The first-order valence-corrected chi connectivity index (χ1v) is 4.80. The number of anilines is 1. The second-order valence-corrected chi connectivity index (χ2v) is 3.65. The minimum Gasteiger partial charge on any atom is -0.370 e. The van der Waals surface area contributed by atoms with E-state index in [0.717, 1.165) is 12.1 Å². The summed E-state index contributed by atoms with van der Waals surface area (Å²) in [7, 11) is 0. The summed E-state index contributed by atoms with van der Waals surface area (Å²) in [5.74, 6) is 0. The zero-order valence-electron chi connectivity index (χ0n) is 7.70. The van der Waals surface area contributed by atoms with E-state index in [0.29, 0.717) is 0 Å². The Morgan fingerprint density at radius 2 is 2.14 bits per heavy atom. The molecule has 2 nitrogen and oxygen atoms in total. The first-order valence-electron chi connectivity index (χ1n) is 4.80. The van der Waals surface area contributed by atoms with Gasteiger partial charge in [0.05, 0.1) is 0 Å². The van der Waals surface area contributed by atoms with Crippen LogP contribution in [0, 0.1) is 0 Å². The fraction of sp³-hybridized carbons (Fsp3) is 0.167. The van der Waals surface area contributed by atoms with Crippen LogP contribution in [0.5, 0.6) is 0 Å². The normalized spacial score (nSPS) is 21.6. The van der Waals surface area contributed by atoms with Crippen molar-refractivity contribution in [3.05, 3.63) is 41.0 Å². The largest absolute Gasteiger partial charge is 0.370 e. The maximum atomic E-state index is 9.39. The molecule has 0 saturated heterocycles. The van der Waals surface area contributed by atoms with Crippen LogP contribution in [-0.2, 0) is 6.42 Å². The molecule has 70 valence electrons. The summed E-state index contributed by atoms with van der Waals surface area (Å²) >= 11 is 0. The van der Waals surface area contributed by atoms with Crippen LogP contribution in [0.1, 0.15) is 16.7 Å². The molecular formula is C12H11NO. The van der Waals surface area contributed by atoms with Crippen molar-refractivity contribution in [2.75, 3.05) is 5.32 Å². The lowest BCUT2D eigenvalue weighted by atomic mass is 9.99. The van der Waals surface area contributed by atoms with Crippen LogP contribution in [0.2, 0.25) is 0 Å². The number of hydrogen-bond acceptors (Lipinski definition) is 2. The van der Waals surface area contributed by atoms with Gasteiger partial charge in [-0.1, -0.05) is 24.3 Å². The Hall–Kier alpha value is -1.54. The summed E-state index contributed by atoms with van der Waals surface area (Å²) in [6.07, 6.45) is 8.56. The predicted octanol–water partition coefficient (Wildman–Crippen LogP) is 2.01. The molecular weight excluding hydrogens is 174 g/mol. The molecule has 1 aliphatic carbocycles. The SMILES string of the molecule is OC1C=Cc2c(ccc3c2C=CC3)N1. The van der Waals surface area contributed by atoms with Gasteiger partial charge >= 0.3 is 0 Å². The summed E-state index contributed by atoms with van der Waals surface area (Å²) in [4.78, 5) is 0. The zero-order valence-corrected chi connectivity index (χ0v) is 7.70. The standard InChI is InChI=1S/C12H11NO/c14-12-7-5-10-9-3-1-2-8(9)4-6-11(10)13-12/h1,3-7,12-14H,2H2. The average Bonchev–Trinajstić information content (AvgIpc) is 2.65. The molecule has 1 aromatic carbocycles. The summed E-state index contributed by atoms with van der Waals surface area (Å²) in [5.41, 5.74) is 4.87. The highest BCUT2D eigenvalue weighted by Crippen LogP contribution is 2.32. The fourth-order valence-corrected chi connectivity index (χ4v) is 2.06. The number of benzene rings is 1. The Bertz CT molecular complexity index is 446. The molecule has 0 amide bonds. The molecule has 14 heavy (non-hydrogen) atoms. The Morgan fingerprint density at radius 1 is 1.21 bits per heavy atom. The number of allylic oxidation sites excluding steroid dienone is 1. The molecule has 0 saturated carbocycles. The van der Waals surface area contributed by atoms with Gasteiger partial charge in [-0.3, -0.25) is 0 Å². The first-order chi connectivity index (χ1) is 6.84. The van der Waals surface area contributed by atoms with Crippen molar-refractivity contribution >= 4 is 17.8 Å². The maximum absolute atomic E-state index is 9.39. The summed E-state index contributed by atoms with van der Waals surface area (Å²) in [5, 5.41) is 12.4. The van der Waals surface area contributed by atoms with Crippen molar-refractivity contribution in [1.82, 2.24) is 0 Å². The highest BCUT2D eigenvalue weighted by Gasteiger charge is 2.16. The van der Waals surface area contributed by atoms with E-state index in [9.17, 15) is 5.11 Å². The molecule has 1 atom stereocenters. The Morgan fingerprint density at radius 3 is 3.07 bits per heavy atom. The van der Waals surface area contributed by atoms with Gasteiger partial charge in [-0.05, 0) is 29.7 Å². The minimum atomic E-state index is -0.550. The second-order valence-electron chi connectivity index (χ2n) is 3.65. The smallest absolute Gasteiger partial charge is 0.144 e. The van der Waals surface area contributed by atoms with Crippen LogP contribution in [0.4, 0.5) is 5.69 Å². The van der Waals surface area contributed by atoms with Gasteiger partial charge < -0.3 is 10.4 Å². The maximum Gasteiger partial charge on any atom is 0.144 e. The number of nitrogens with one attached hydrogen (secondary N) is 1. The van der Waals surface area contributed by atoms with Crippen LogP contribution in [0.25, 0.3) is 12.2 Å². The van der Waals surface area contributed by atoms with E-state index in [1.165, 1.54) is 16.7 Å². The minimum absolute atomic E-state index is 0.550. The van der Waals surface area contributed by atoms with Crippen molar-refractivity contribution in [2.24, 2.45) is 0 Å². The van der Waals surface area contributed by atoms with Gasteiger partial charge in [0.15, 0.2) is 0 Å². The molecule has 0 aromatic heterocycles. The number of hydrogen-bond donors (Lipinski definition) is 2. The van der Waals surface area contributed by atoms with E-state index >= 15 is 0 Å². The molecule has 1 aliphatic heterocycles. The average molecular weight is 185 g/mol. The quantitative estimate of drug-likeness (QED) is 0.648. The van der Waals surface area contributed by atoms with E-state index in [1.807, 2.05) is 12.1 Å². The third kappa shape index (κ3) is 1.01. The molecule has 2 aliphatic rings. The van der Waals surface area contributed by atoms with E-state index in [2.05, 4.69) is 23.5 Å². The van der Waals surface area contributed by atoms with E-state index in [4.69, 9.17) is 0 Å². The van der Waals surface area contributed by atoms with Crippen LogP contribution in [-0.4, -0.2) is 11.3 Å². The lowest BCUT2D eigenvalue weighted by molar-refractivity contribution is 0.252. The summed E-state index contributed by atoms with van der Waals surface area (Å²) in [6, 6.07) is 4.15. The lowest BCUT2D eigenvalue weighted by Gasteiger charge is -2.20. The lowest BCUT2D eigenvalue weighted by Crippen LogP contribution is -2.19. The molecule has 0 radical (unpaired) electrons. The third-order valence-electron chi connectivity index (χ3n) is 2.75. The van der Waals surface area contributed by atoms with Crippen molar-refractivity contribution in [3.63, 3.8) is 0 Å². The van der Waals surface area contributed by atoms with Gasteiger partial charge in [-0.2, -0.15) is 0 Å². The molecule has 1 aromatic rings. The third-order valence-corrected chi connectivity index (χ3v) is 2.75. The Kier molecular flexibility index (Phi) is 1.52. The van der Waals surface area contributed by atoms with E-state index in [1.54, 1.807) is 6.08 Å². The summed E-state index contributed by atoms with van der Waals surface area (Å²) < 4.78 is 0. The highest BCUT2D eigenvalue weighted by atomic mass is 16.3. The molecule has 0 fully saturated rings. The Labute approximate surface area is 82.6 Å². The van der Waals surface area contributed by atoms with Crippen LogP contribution in [0.3, 0.4) is 0 Å². The van der Waals surface area contributed by atoms with Crippen LogP contribution >= 0.6 is 0 Å². The topological polar surface area (TPSA) is 32.3 Å². The van der Waals surface area contributed by atoms with Gasteiger partial charge in [0.25, 0.3) is 0 Å². The van der Waals surface area contributed by atoms with E-state index in [-0.39, 0.29) is 0 Å². The summed E-state index contributed by atoms with van der Waals surface area (Å²) in [6.45, 7) is 0. The van der Waals surface area contributed by atoms with E-state index < -0.39 is 6.23 Å². The first kappa shape index (κ1) is 7.83. The number of rotatable bonds is 0. The highest BCUT2D eigenvalue weighted by molar-refractivity contribution is 5.81. The van der Waals surface area contributed by atoms with Gasteiger partial charge in [-0.25, -0.2) is 0 Å². The van der Waals surface area contributed by atoms with Gasteiger partial charge in [-0.15, -0.1) is 0 Å². The predicted molar refractivity (Wildman–Crippen MR) is 57.8 cm³/mol. The molecule has 2 heteroatoms. The Balaban J connectivity index is 2.22. The van der Waals surface area contributed by atoms with Gasteiger partial charge in [0, 0.05) is 11.3 Å². The monoisotopic (exact) mass is 185 g/mol.